The van der Waals surface area contributed by atoms with Gasteiger partial charge < -0.3 is 21.3 Å². The molecule has 1 aliphatic rings. The lowest BCUT2D eigenvalue weighted by Crippen LogP contribution is -2.29. The first-order chi connectivity index (χ1) is 7.34. The van der Waals surface area contributed by atoms with Crippen molar-refractivity contribution in [1.82, 2.24) is 15.5 Å². The number of rotatable bonds is 8. The van der Waals surface area contributed by atoms with E-state index in [0.717, 1.165) is 45.6 Å². The maximum absolute atomic E-state index is 11.2. The van der Waals surface area contributed by atoms with E-state index < -0.39 is 0 Å². The summed E-state index contributed by atoms with van der Waals surface area (Å²) in [5.74, 6) is 0. The molecule has 0 unspecified atom stereocenters. The molecule has 0 radical (unpaired) electrons. The summed E-state index contributed by atoms with van der Waals surface area (Å²) in [6, 6.07) is 0.0938. The normalized spacial score (nSPS) is 15.8. The van der Waals surface area contributed by atoms with Crippen molar-refractivity contribution in [3.05, 3.63) is 0 Å². The van der Waals surface area contributed by atoms with Crippen LogP contribution in [0.25, 0.3) is 0 Å². The van der Waals surface area contributed by atoms with Crippen molar-refractivity contribution in [3.8, 4) is 0 Å². The number of amides is 2. The molecular formula is C10H22N4O. The van der Waals surface area contributed by atoms with Gasteiger partial charge >= 0.3 is 6.03 Å². The summed E-state index contributed by atoms with van der Waals surface area (Å²) in [5, 5.41) is 6.05. The average Bonchev–Trinajstić information content (AvgIpc) is 2.63. The zero-order valence-electron chi connectivity index (χ0n) is 9.30. The predicted octanol–water partition coefficient (Wildman–Crippen LogP) is -0.270. The molecule has 0 spiro atoms. The van der Waals surface area contributed by atoms with E-state index in [1.807, 2.05) is 4.90 Å². The topological polar surface area (TPSA) is 70.4 Å². The highest BCUT2D eigenvalue weighted by molar-refractivity contribution is 5.76. The molecule has 15 heavy (non-hydrogen) atoms. The Bertz CT molecular complexity index is 186. The number of hydrogen-bond donors (Lipinski definition) is 3. The Morgan fingerprint density at radius 1 is 1.33 bits per heavy atom. The van der Waals surface area contributed by atoms with Crippen molar-refractivity contribution in [2.45, 2.75) is 19.3 Å². The first-order valence-electron chi connectivity index (χ1n) is 5.78. The molecule has 1 aliphatic heterocycles. The molecule has 0 bridgehead atoms. The van der Waals surface area contributed by atoms with Crippen molar-refractivity contribution >= 4 is 6.03 Å². The number of unbranched alkanes of at least 4 members (excludes halogenated alkanes) is 2. The van der Waals surface area contributed by atoms with Gasteiger partial charge in [-0.25, -0.2) is 4.79 Å². The van der Waals surface area contributed by atoms with Gasteiger partial charge in [0.05, 0.1) is 0 Å². The Morgan fingerprint density at radius 2 is 2.20 bits per heavy atom. The number of carbonyl (C=O) groups is 1. The molecule has 1 fully saturated rings. The van der Waals surface area contributed by atoms with E-state index in [4.69, 9.17) is 5.73 Å². The highest BCUT2D eigenvalue weighted by Gasteiger charge is 2.17. The number of nitrogens with one attached hydrogen (secondary N) is 2. The smallest absolute Gasteiger partial charge is 0.317 e. The fraction of sp³-hybridized carbons (Fsp3) is 0.900. The highest BCUT2D eigenvalue weighted by Crippen LogP contribution is 2.01. The van der Waals surface area contributed by atoms with Crippen LogP contribution in [0.1, 0.15) is 19.3 Å². The first-order valence-corrected chi connectivity index (χ1v) is 5.78. The third kappa shape index (κ3) is 4.99. The van der Waals surface area contributed by atoms with Crippen molar-refractivity contribution < 1.29 is 4.79 Å². The van der Waals surface area contributed by atoms with Crippen LogP contribution in [0.4, 0.5) is 4.79 Å². The zero-order chi connectivity index (χ0) is 10.9. The molecule has 0 aliphatic carbocycles. The van der Waals surface area contributed by atoms with Crippen LogP contribution in [0, 0.1) is 0 Å². The maximum atomic E-state index is 11.2. The van der Waals surface area contributed by atoms with Gasteiger partial charge in [0.2, 0.25) is 0 Å². The van der Waals surface area contributed by atoms with Crippen LogP contribution in [-0.4, -0.2) is 50.2 Å². The van der Waals surface area contributed by atoms with Crippen LogP contribution in [0.2, 0.25) is 0 Å². The van der Waals surface area contributed by atoms with Gasteiger partial charge in [0.15, 0.2) is 0 Å². The van der Waals surface area contributed by atoms with Gasteiger partial charge in [0.1, 0.15) is 0 Å². The van der Waals surface area contributed by atoms with Crippen LogP contribution in [0.3, 0.4) is 0 Å². The van der Waals surface area contributed by atoms with E-state index in [1.165, 1.54) is 6.42 Å². The van der Waals surface area contributed by atoms with Crippen molar-refractivity contribution in [2.75, 3.05) is 39.3 Å². The van der Waals surface area contributed by atoms with Gasteiger partial charge in [-0.15, -0.1) is 0 Å². The number of urea groups is 1. The first kappa shape index (κ1) is 12.3. The predicted molar refractivity (Wildman–Crippen MR) is 60.7 cm³/mol. The zero-order valence-corrected chi connectivity index (χ0v) is 9.30. The van der Waals surface area contributed by atoms with Gasteiger partial charge in [0.25, 0.3) is 0 Å². The Kier molecular flexibility index (Phi) is 6.11. The molecule has 0 atom stereocenters. The Balaban J connectivity index is 1.86. The third-order valence-electron chi connectivity index (χ3n) is 2.55. The summed E-state index contributed by atoms with van der Waals surface area (Å²) in [6.45, 7) is 5.19. The van der Waals surface area contributed by atoms with Crippen LogP contribution >= 0.6 is 0 Å². The maximum Gasteiger partial charge on any atom is 0.317 e. The Labute approximate surface area is 91.4 Å². The molecule has 0 aromatic rings. The fourth-order valence-electron chi connectivity index (χ4n) is 1.68. The van der Waals surface area contributed by atoms with E-state index in [1.54, 1.807) is 0 Å². The molecule has 1 heterocycles. The highest BCUT2D eigenvalue weighted by atomic mass is 16.2. The quantitative estimate of drug-likeness (QED) is 0.487. The standard InChI is InChI=1S/C10H22N4O/c11-4-6-12-5-2-1-3-8-14-9-7-13-10(14)15/h12H,1-9,11H2,(H,13,15). The molecule has 1 rings (SSSR count). The SMILES string of the molecule is NCCNCCCCCN1CCNC1=O. The summed E-state index contributed by atoms with van der Waals surface area (Å²) in [5.41, 5.74) is 5.35. The molecule has 0 saturated carbocycles. The van der Waals surface area contributed by atoms with Crippen LogP contribution in [0.5, 0.6) is 0 Å². The second-order valence-electron chi connectivity index (χ2n) is 3.82. The second kappa shape index (κ2) is 7.48. The molecule has 0 aromatic heterocycles. The van der Waals surface area contributed by atoms with Crippen LogP contribution in [-0.2, 0) is 0 Å². The van der Waals surface area contributed by atoms with Crippen molar-refractivity contribution in [3.63, 3.8) is 0 Å². The number of nitrogens with zero attached hydrogens (tertiary/aromatic N) is 1. The molecule has 4 N–H and O–H groups in total. The molecule has 1 saturated heterocycles. The minimum atomic E-state index is 0.0938. The lowest BCUT2D eigenvalue weighted by Gasteiger charge is -2.13. The van der Waals surface area contributed by atoms with E-state index in [2.05, 4.69) is 10.6 Å². The summed E-state index contributed by atoms with van der Waals surface area (Å²) in [4.78, 5) is 13.1. The number of nitrogens with two attached hydrogens (primary N) is 1. The fourth-order valence-corrected chi connectivity index (χ4v) is 1.68. The minimum absolute atomic E-state index is 0.0938. The van der Waals surface area contributed by atoms with Crippen molar-refractivity contribution in [2.24, 2.45) is 5.73 Å². The van der Waals surface area contributed by atoms with E-state index in [0.29, 0.717) is 6.54 Å². The van der Waals surface area contributed by atoms with Gasteiger partial charge in [0, 0.05) is 32.7 Å². The van der Waals surface area contributed by atoms with E-state index >= 15 is 0 Å². The van der Waals surface area contributed by atoms with Gasteiger partial charge in [-0.3, -0.25) is 0 Å². The molecule has 88 valence electrons. The minimum Gasteiger partial charge on any atom is -0.336 e. The van der Waals surface area contributed by atoms with Crippen LogP contribution < -0.4 is 16.4 Å². The Morgan fingerprint density at radius 3 is 2.87 bits per heavy atom. The van der Waals surface area contributed by atoms with Crippen LogP contribution in [0.15, 0.2) is 0 Å². The van der Waals surface area contributed by atoms with Crippen molar-refractivity contribution in [1.29, 1.82) is 0 Å². The Hall–Kier alpha value is -0.810. The second-order valence-corrected chi connectivity index (χ2v) is 3.82. The summed E-state index contributed by atoms with van der Waals surface area (Å²) in [6.07, 6.45) is 3.43. The molecule has 5 nitrogen and oxygen atoms in total. The number of hydrogen-bond acceptors (Lipinski definition) is 3. The van der Waals surface area contributed by atoms with E-state index in [9.17, 15) is 4.79 Å². The monoisotopic (exact) mass is 214 g/mol. The summed E-state index contributed by atoms with van der Waals surface area (Å²) < 4.78 is 0. The number of carbonyl (C=O) groups excluding carboxylic acids is 1. The van der Waals surface area contributed by atoms with Gasteiger partial charge in [-0.2, -0.15) is 0 Å². The third-order valence-corrected chi connectivity index (χ3v) is 2.55. The molecular weight excluding hydrogens is 192 g/mol. The summed E-state index contributed by atoms with van der Waals surface area (Å²) >= 11 is 0. The summed E-state index contributed by atoms with van der Waals surface area (Å²) in [7, 11) is 0. The van der Waals surface area contributed by atoms with Gasteiger partial charge in [-0.1, -0.05) is 6.42 Å². The molecule has 5 heteroatoms. The lowest BCUT2D eigenvalue weighted by atomic mass is 10.2. The largest absolute Gasteiger partial charge is 0.336 e. The molecule has 0 aromatic carbocycles. The lowest BCUT2D eigenvalue weighted by molar-refractivity contribution is 0.216. The molecule has 2 amide bonds. The average molecular weight is 214 g/mol. The van der Waals surface area contributed by atoms with E-state index in [-0.39, 0.29) is 6.03 Å². The van der Waals surface area contributed by atoms with Gasteiger partial charge in [-0.05, 0) is 19.4 Å².